The zero-order valence-electron chi connectivity index (χ0n) is 12.2. The summed E-state index contributed by atoms with van der Waals surface area (Å²) in [4.78, 5) is 12.5. The Morgan fingerprint density at radius 1 is 1.25 bits per heavy atom. The Balaban J connectivity index is 1.96. The average Bonchev–Trinajstić information content (AvgIpc) is 2.99. The average molecular weight is 290 g/mol. The zero-order chi connectivity index (χ0) is 14.2. The van der Waals surface area contributed by atoms with E-state index in [-0.39, 0.29) is 0 Å². The summed E-state index contributed by atoms with van der Waals surface area (Å²) in [5.41, 5.74) is 1.13. The molecule has 0 radical (unpaired) electrons. The van der Waals surface area contributed by atoms with Crippen LogP contribution in [-0.4, -0.2) is 23.1 Å². The van der Waals surface area contributed by atoms with E-state index < -0.39 is 0 Å². The summed E-state index contributed by atoms with van der Waals surface area (Å²) in [6, 6.07) is 4.23. The van der Waals surface area contributed by atoms with Crippen molar-refractivity contribution in [2.75, 3.05) is 18.0 Å². The first-order valence-electron chi connectivity index (χ1n) is 7.12. The van der Waals surface area contributed by atoms with E-state index in [1.807, 2.05) is 12.4 Å². The molecule has 5 heteroatoms. The van der Waals surface area contributed by atoms with Crippen LogP contribution in [0.2, 0.25) is 0 Å². The number of nitrogens with zero attached hydrogens (tertiary/aromatic N) is 3. The highest BCUT2D eigenvalue weighted by Crippen LogP contribution is 2.15. The van der Waals surface area contributed by atoms with Crippen LogP contribution in [0.25, 0.3) is 0 Å². The molecule has 0 aromatic carbocycles. The van der Waals surface area contributed by atoms with Gasteiger partial charge in [0, 0.05) is 35.9 Å². The molecule has 2 rings (SSSR count). The minimum atomic E-state index is 0.806. The Kier molecular flexibility index (Phi) is 5.95. The second-order valence-corrected chi connectivity index (χ2v) is 5.69. The van der Waals surface area contributed by atoms with E-state index in [4.69, 9.17) is 0 Å². The van der Waals surface area contributed by atoms with E-state index >= 15 is 0 Å². The van der Waals surface area contributed by atoms with Crippen LogP contribution in [0.1, 0.15) is 30.7 Å². The van der Waals surface area contributed by atoms with Crippen LogP contribution in [0.4, 0.5) is 5.95 Å². The Morgan fingerprint density at radius 3 is 2.65 bits per heavy atom. The van der Waals surface area contributed by atoms with Crippen molar-refractivity contribution < 1.29 is 0 Å². The predicted molar refractivity (Wildman–Crippen MR) is 85.1 cm³/mol. The second-order valence-electron chi connectivity index (χ2n) is 4.66. The van der Waals surface area contributed by atoms with Crippen molar-refractivity contribution in [2.45, 2.75) is 33.4 Å². The van der Waals surface area contributed by atoms with Gasteiger partial charge < -0.3 is 10.2 Å². The van der Waals surface area contributed by atoms with Crippen molar-refractivity contribution in [1.29, 1.82) is 0 Å². The van der Waals surface area contributed by atoms with E-state index in [9.17, 15) is 0 Å². The minimum Gasteiger partial charge on any atom is -0.336 e. The molecule has 0 aliphatic heterocycles. The van der Waals surface area contributed by atoms with Gasteiger partial charge in [0.25, 0.3) is 0 Å². The number of rotatable bonds is 8. The summed E-state index contributed by atoms with van der Waals surface area (Å²) in [7, 11) is 0. The lowest BCUT2D eigenvalue weighted by atomic mass is 10.3. The molecule has 1 N–H and O–H groups in total. The maximum absolute atomic E-state index is 4.49. The van der Waals surface area contributed by atoms with Gasteiger partial charge in [-0.2, -0.15) is 0 Å². The largest absolute Gasteiger partial charge is 0.336 e. The van der Waals surface area contributed by atoms with E-state index in [2.05, 4.69) is 51.5 Å². The van der Waals surface area contributed by atoms with Gasteiger partial charge in [-0.3, -0.25) is 0 Å². The normalized spacial score (nSPS) is 10.7. The fraction of sp³-hybridized carbons (Fsp3) is 0.467. The summed E-state index contributed by atoms with van der Waals surface area (Å²) >= 11 is 1.77. The Bertz CT molecular complexity index is 481. The summed E-state index contributed by atoms with van der Waals surface area (Å²) in [6.07, 6.45) is 4.98. The Morgan fingerprint density at radius 2 is 2.05 bits per heavy atom. The van der Waals surface area contributed by atoms with Crippen LogP contribution in [0.15, 0.2) is 29.9 Å². The number of nitrogens with one attached hydrogen (secondary N) is 1. The third kappa shape index (κ3) is 4.28. The summed E-state index contributed by atoms with van der Waals surface area (Å²) in [5, 5.41) is 5.46. The minimum absolute atomic E-state index is 0.806. The third-order valence-electron chi connectivity index (χ3n) is 3.04. The van der Waals surface area contributed by atoms with Gasteiger partial charge in [0.15, 0.2) is 0 Å². The van der Waals surface area contributed by atoms with Crippen molar-refractivity contribution in [2.24, 2.45) is 0 Å². The summed E-state index contributed by atoms with van der Waals surface area (Å²) in [5.74, 6) is 0.806. The lowest BCUT2D eigenvalue weighted by Gasteiger charge is -2.19. The molecule has 20 heavy (non-hydrogen) atoms. The zero-order valence-corrected chi connectivity index (χ0v) is 13.0. The van der Waals surface area contributed by atoms with Crippen LogP contribution >= 0.6 is 11.3 Å². The Hall–Kier alpha value is -1.46. The van der Waals surface area contributed by atoms with Crippen molar-refractivity contribution in [1.82, 2.24) is 15.3 Å². The topological polar surface area (TPSA) is 41.1 Å². The maximum atomic E-state index is 4.49. The highest BCUT2D eigenvalue weighted by molar-refractivity contribution is 7.09. The van der Waals surface area contributed by atoms with Crippen molar-refractivity contribution in [3.05, 3.63) is 40.3 Å². The van der Waals surface area contributed by atoms with Crippen LogP contribution in [-0.2, 0) is 13.1 Å². The van der Waals surface area contributed by atoms with Gasteiger partial charge in [-0.15, -0.1) is 11.3 Å². The lowest BCUT2D eigenvalue weighted by Crippen LogP contribution is -2.24. The standard InChI is InChI=1S/C15H22N4S/c1-3-7-16-9-13-10-17-15(18-11-13)19(4-2)12-14-6-5-8-20-14/h5-6,8,10-11,16H,3-4,7,9,12H2,1-2H3. The van der Waals surface area contributed by atoms with E-state index in [1.165, 1.54) is 4.88 Å². The highest BCUT2D eigenvalue weighted by atomic mass is 32.1. The quantitative estimate of drug-likeness (QED) is 0.759. The van der Waals surface area contributed by atoms with Crippen molar-refractivity contribution in [3.8, 4) is 0 Å². The number of hydrogen-bond donors (Lipinski definition) is 1. The van der Waals surface area contributed by atoms with E-state index in [0.29, 0.717) is 0 Å². The summed E-state index contributed by atoms with van der Waals surface area (Å²) < 4.78 is 0. The molecule has 2 heterocycles. The maximum Gasteiger partial charge on any atom is 0.225 e. The molecule has 0 saturated carbocycles. The molecular formula is C15H22N4S. The predicted octanol–water partition coefficient (Wildman–Crippen LogP) is 3.06. The third-order valence-corrected chi connectivity index (χ3v) is 3.90. The first kappa shape index (κ1) is 14.9. The molecule has 0 saturated heterocycles. The molecular weight excluding hydrogens is 268 g/mol. The number of anilines is 1. The first-order chi connectivity index (χ1) is 9.83. The van der Waals surface area contributed by atoms with Gasteiger partial charge in [0.05, 0.1) is 6.54 Å². The molecule has 4 nitrogen and oxygen atoms in total. The fourth-order valence-electron chi connectivity index (χ4n) is 1.93. The van der Waals surface area contributed by atoms with E-state index in [0.717, 1.165) is 44.1 Å². The number of thiophene rings is 1. The molecule has 0 fully saturated rings. The van der Waals surface area contributed by atoms with Crippen LogP contribution in [0, 0.1) is 0 Å². The summed E-state index contributed by atoms with van der Waals surface area (Å²) in [6.45, 7) is 7.95. The van der Waals surface area contributed by atoms with Crippen LogP contribution in [0.3, 0.4) is 0 Å². The molecule has 2 aromatic rings. The smallest absolute Gasteiger partial charge is 0.225 e. The van der Waals surface area contributed by atoms with Crippen LogP contribution < -0.4 is 10.2 Å². The Labute approximate surface area is 124 Å². The molecule has 0 atom stereocenters. The number of aromatic nitrogens is 2. The molecule has 0 aliphatic rings. The van der Waals surface area contributed by atoms with Gasteiger partial charge in [-0.05, 0) is 31.3 Å². The molecule has 0 aliphatic carbocycles. The van der Waals surface area contributed by atoms with Gasteiger partial charge in [0.2, 0.25) is 5.95 Å². The van der Waals surface area contributed by atoms with Crippen molar-refractivity contribution >= 4 is 17.3 Å². The molecule has 0 amide bonds. The monoisotopic (exact) mass is 290 g/mol. The first-order valence-corrected chi connectivity index (χ1v) is 8.00. The molecule has 0 unspecified atom stereocenters. The lowest BCUT2D eigenvalue weighted by molar-refractivity contribution is 0.670. The van der Waals surface area contributed by atoms with Gasteiger partial charge in [0.1, 0.15) is 0 Å². The van der Waals surface area contributed by atoms with Gasteiger partial charge in [-0.1, -0.05) is 13.0 Å². The van der Waals surface area contributed by atoms with Gasteiger partial charge >= 0.3 is 0 Å². The van der Waals surface area contributed by atoms with Gasteiger partial charge in [-0.25, -0.2) is 9.97 Å². The SMILES string of the molecule is CCCNCc1cnc(N(CC)Cc2cccs2)nc1. The number of hydrogen-bond acceptors (Lipinski definition) is 5. The fourth-order valence-corrected chi connectivity index (χ4v) is 2.65. The highest BCUT2D eigenvalue weighted by Gasteiger charge is 2.08. The van der Waals surface area contributed by atoms with Crippen LogP contribution in [0.5, 0.6) is 0 Å². The second kappa shape index (κ2) is 7.97. The van der Waals surface area contributed by atoms with Crippen molar-refractivity contribution in [3.63, 3.8) is 0 Å². The molecule has 2 aromatic heterocycles. The molecule has 0 bridgehead atoms. The molecule has 0 spiro atoms. The molecule has 108 valence electrons. The van der Waals surface area contributed by atoms with E-state index in [1.54, 1.807) is 11.3 Å².